The van der Waals surface area contributed by atoms with Gasteiger partial charge < -0.3 is 20.1 Å². The second-order valence-corrected chi connectivity index (χ2v) is 11.3. The highest BCUT2D eigenvalue weighted by Gasteiger charge is 2.19. The zero-order valence-corrected chi connectivity index (χ0v) is 24.7. The van der Waals surface area contributed by atoms with Gasteiger partial charge in [-0.15, -0.1) is 0 Å². The summed E-state index contributed by atoms with van der Waals surface area (Å²) in [5.41, 5.74) is 12.6. The maximum absolute atomic E-state index is 12.1. The number of aryl methyl sites for hydroxylation is 6. The molecule has 4 N–H and O–H groups in total. The quantitative estimate of drug-likeness (QED) is 0.236. The molecule has 4 heterocycles. The van der Waals surface area contributed by atoms with E-state index in [0.29, 0.717) is 5.71 Å². The number of benzene rings is 2. The maximum atomic E-state index is 12.1. The molecule has 1 aliphatic rings. The monoisotopic (exact) mass is 554 g/mol. The first kappa shape index (κ1) is 27.1. The normalized spacial score (nSPS) is 15.3. The van der Waals surface area contributed by atoms with E-state index in [-0.39, 0.29) is 11.8 Å². The summed E-state index contributed by atoms with van der Waals surface area (Å²) < 4.78 is 0. The zero-order valence-electron chi connectivity index (χ0n) is 24.7. The van der Waals surface area contributed by atoms with Crippen LogP contribution in [0.1, 0.15) is 50.2 Å². The van der Waals surface area contributed by atoms with Crippen molar-refractivity contribution < 1.29 is 9.90 Å². The highest BCUT2D eigenvalue weighted by molar-refractivity contribution is 6.35. The largest absolute Gasteiger partial charge is 0.495 e. The number of nitrogens with zero attached hydrogens (tertiary/aromatic N) is 1. The van der Waals surface area contributed by atoms with Gasteiger partial charge in [-0.1, -0.05) is 35.4 Å². The number of carbonyl (C=O) groups is 1. The van der Waals surface area contributed by atoms with Crippen LogP contribution >= 0.6 is 0 Å². The van der Waals surface area contributed by atoms with Crippen LogP contribution in [0, 0.1) is 52.2 Å². The van der Waals surface area contributed by atoms with Gasteiger partial charge in [-0.25, -0.2) is 4.99 Å². The van der Waals surface area contributed by atoms with Gasteiger partial charge in [-0.3, -0.25) is 4.79 Å². The molecule has 6 nitrogen and oxygen atoms in total. The van der Waals surface area contributed by atoms with Crippen molar-refractivity contribution in [3.8, 4) is 5.88 Å². The van der Waals surface area contributed by atoms with E-state index in [2.05, 4.69) is 97.9 Å². The molecule has 2 aromatic carbocycles. The van der Waals surface area contributed by atoms with Crippen LogP contribution in [0.15, 0.2) is 77.8 Å². The molecular formula is C36H34N4O2. The molecule has 42 heavy (non-hydrogen) atoms. The summed E-state index contributed by atoms with van der Waals surface area (Å²) >= 11 is 0. The first-order chi connectivity index (χ1) is 20.1. The van der Waals surface area contributed by atoms with Crippen LogP contribution in [0.5, 0.6) is 5.88 Å². The number of hydrogen-bond acceptors (Lipinski definition) is 2. The van der Waals surface area contributed by atoms with Crippen molar-refractivity contribution in [3.63, 3.8) is 0 Å². The fraction of sp³-hybridized carbons (Fsp3) is 0.167. The zero-order chi connectivity index (χ0) is 29.7. The second kappa shape index (κ2) is 10.4. The van der Waals surface area contributed by atoms with Crippen molar-refractivity contribution in [3.05, 3.63) is 144 Å². The minimum absolute atomic E-state index is 0.123. The Morgan fingerprint density at radius 1 is 0.619 bits per heavy atom. The summed E-state index contributed by atoms with van der Waals surface area (Å²) in [4.78, 5) is 26.8. The summed E-state index contributed by atoms with van der Waals surface area (Å²) in [7, 11) is 0. The predicted octanol–water partition coefficient (Wildman–Crippen LogP) is 5.50. The third-order valence-corrected chi connectivity index (χ3v) is 7.87. The molecular weight excluding hydrogens is 520 g/mol. The van der Waals surface area contributed by atoms with Crippen LogP contribution < -0.4 is 10.7 Å². The number of H-pyrrole nitrogens is 3. The van der Waals surface area contributed by atoms with Crippen LogP contribution in [-0.4, -0.2) is 31.7 Å². The average Bonchev–Trinajstić information content (AvgIpc) is 3.71. The standard InChI is InChI=1S/C36H34N4O2/c1-19-15-21(3)33(22(4)16-19)35(29-11-13-31(41)39-29)27-9-7-25(37-27)26-8-10-28(38-26)36(30-12-14-32(42)40-30)34-23(5)17-20(2)18-24(34)6/h7-18,37-39,41H,1-6H3/b26-25+,35-27+,36-28+. The lowest BCUT2D eigenvalue weighted by Gasteiger charge is -2.14. The fourth-order valence-corrected chi connectivity index (χ4v) is 6.37. The number of carbonyl (C=O) groups excluding carboxylic acids is 1. The van der Waals surface area contributed by atoms with Crippen molar-refractivity contribution in [1.29, 1.82) is 0 Å². The molecule has 1 amide bonds. The van der Waals surface area contributed by atoms with E-state index in [0.717, 1.165) is 71.6 Å². The Bertz CT molecular complexity index is 2140. The van der Waals surface area contributed by atoms with E-state index in [4.69, 9.17) is 0 Å². The van der Waals surface area contributed by atoms with Crippen molar-refractivity contribution in [2.45, 2.75) is 41.5 Å². The lowest BCUT2D eigenvalue weighted by molar-refractivity contribution is -0.113. The number of aromatic amines is 3. The lowest BCUT2D eigenvalue weighted by Crippen LogP contribution is -2.16. The van der Waals surface area contributed by atoms with Crippen LogP contribution in [0.25, 0.3) is 11.1 Å². The Labute approximate surface area is 244 Å². The number of rotatable bonds is 4. The van der Waals surface area contributed by atoms with Crippen molar-refractivity contribution in [2.24, 2.45) is 4.99 Å². The number of aliphatic imine (C=N–C) groups is 1. The van der Waals surface area contributed by atoms with Crippen LogP contribution in [0.3, 0.4) is 0 Å². The molecule has 0 aliphatic carbocycles. The molecule has 210 valence electrons. The number of nitrogens with one attached hydrogen (secondary N) is 3. The minimum Gasteiger partial charge on any atom is -0.495 e. The first-order valence-electron chi connectivity index (χ1n) is 14.1. The van der Waals surface area contributed by atoms with Gasteiger partial charge in [0.1, 0.15) is 0 Å². The predicted molar refractivity (Wildman–Crippen MR) is 168 cm³/mol. The van der Waals surface area contributed by atoms with Gasteiger partial charge in [-0.05, 0) is 111 Å². The van der Waals surface area contributed by atoms with E-state index in [1.807, 2.05) is 18.2 Å². The minimum atomic E-state index is -0.245. The van der Waals surface area contributed by atoms with Gasteiger partial charge in [0.25, 0.3) is 5.91 Å². The maximum Gasteiger partial charge on any atom is 0.270 e. The molecule has 0 unspecified atom stereocenters. The highest BCUT2D eigenvalue weighted by Crippen LogP contribution is 2.29. The van der Waals surface area contributed by atoms with E-state index < -0.39 is 0 Å². The van der Waals surface area contributed by atoms with Gasteiger partial charge in [0, 0.05) is 34.0 Å². The van der Waals surface area contributed by atoms with Crippen molar-refractivity contribution in [2.75, 3.05) is 0 Å². The average molecular weight is 555 g/mol. The van der Waals surface area contributed by atoms with Gasteiger partial charge in [0.05, 0.1) is 22.1 Å². The van der Waals surface area contributed by atoms with Crippen molar-refractivity contribution >= 4 is 22.8 Å². The van der Waals surface area contributed by atoms with E-state index >= 15 is 0 Å². The molecule has 0 spiro atoms. The Kier molecular flexibility index (Phi) is 6.70. The summed E-state index contributed by atoms with van der Waals surface area (Å²) in [5, 5.41) is 13.8. The molecule has 0 fully saturated rings. The van der Waals surface area contributed by atoms with Gasteiger partial charge in [0.15, 0.2) is 5.88 Å². The van der Waals surface area contributed by atoms with Gasteiger partial charge in [-0.2, -0.15) is 0 Å². The molecule has 0 radical (unpaired) electrons. The molecule has 0 bridgehead atoms. The lowest BCUT2D eigenvalue weighted by atomic mass is 9.91. The number of aromatic nitrogens is 3. The Morgan fingerprint density at radius 3 is 1.57 bits per heavy atom. The van der Waals surface area contributed by atoms with Gasteiger partial charge in [0.2, 0.25) is 0 Å². The topological polar surface area (TPSA) is 97.0 Å². The summed E-state index contributed by atoms with van der Waals surface area (Å²) in [5.74, 6) is -0.122. The number of hydrogen-bond donors (Lipinski definition) is 4. The first-order valence-corrected chi connectivity index (χ1v) is 14.1. The molecule has 6 rings (SSSR count). The summed E-state index contributed by atoms with van der Waals surface area (Å²) in [6, 6.07) is 20.5. The molecule has 1 aliphatic heterocycles. The van der Waals surface area contributed by atoms with Crippen LogP contribution in [0.2, 0.25) is 0 Å². The molecule has 0 saturated carbocycles. The third-order valence-electron chi connectivity index (χ3n) is 7.87. The smallest absolute Gasteiger partial charge is 0.270 e. The number of amides is 1. The van der Waals surface area contributed by atoms with E-state index in [9.17, 15) is 9.90 Å². The Hall–Kier alpha value is -5.10. The SMILES string of the molecule is Cc1cc(C)c(/C(C2=NC(=O)C=C2)=c2\cc/c(=c3/cc/c(=C(/c4ccc(O)[nH]4)c4c(C)cc(C)cc4C)[nH]3)[nH]2)c(C)c1. The molecule has 0 saturated heterocycles. The molecule has 6 heteroatoms. The highest BCUT2D eigenvalue weighted by atomic mass is 16.3. The third kappa shape index (κ3) is 4.85. The second-order valence-electron chi connectivity index (χ2n) is 11.3. The van der Waals surface area contributed by atoms with Crippen LogP contribution in [0.4, 0.5) is 0 Å². The van der Waals surface area contributed by atoms with E-state index in [1.54, 1.807) is 12.1 Å². The number of aromatic hydroxyl groups is 1. The molecule has 5 aromatic rings. The van der Waals surface area contributed by atoms with Gasteiger partial charge >= 0.3 is 0 Å². The summed E-state index contributed by atoms with van der Waals surface area (Å²) in [6.07, 6.45) is 3.31. The molecule has 0 atom stereocenters. The number of allylic oxidation sites excluding steroid dienone is 1. The van der Waals surface area contributed by atoms with Crippen LogP contribution in [-0.2, 0) is 4.79 Å². The van der Waals surface area contributed by atoms with Crippen molar-refractivity contribution in [1.82, 2.24) is 15.0 Å². The Morgan fingerprint density at radius 2 is 1.12 bits per heavy atom. The summed E-state index contributed by atoms with van der Waals surface area (Å²) in [6.45, 7) is 12.6. The molecule has 3 aromatic heterocycles. The van der Waals surface area contributed by atoms with E-state index in [1.165, 1.54) is 17.2 Å². The fourth-order valence-electron chi connectivity index (χ4n) is 6.37. The Balaban J connectivity index is 1.65.